The molecule has 0 atom stereocenters. The average molecular weight is 229 g/mol. The van der Waals surface area contributed by atoms with Crippen molar-refractivity contribution in [2.45, 2.75) is 25.7 Å². The second-order valence-corrected chi connectivity index (χ2v) is 4.44. The SMILES string of the molecule is CNc1cc(C2CC2)nc(-c2ccc(C)o2)n1. The second-order valence-electron chi connectivity index (χ2n) is 4.44. The van der Waals surface area contributed by atoms with Crippen LogP contribution in [0.2, 0.25) is 0 Å². The van der Waals surface area contributed by atoms with E-state index in [1.807, 2.05) is 32.2 Å². The summed E-state index contributed by atoms with van der Waals surface area (Å²) >= 11 is 0. The minimum atomic E-state index is 0.611. The minimum Gasteiger partial charge on any atom is -0.458 e. The lowest BCUT2D eigenvalue weighted by atomic mass is 10.2. The number of nitrogens with one attached hydrogen (secondary N) is 1. The molecule has 88 valence electrons. The van der Waals surface area contributed by atoms with E-state index >= 15 is 0 Å². The number of rotatable bonds is 3. The normalized spacial score (nSPS) is 14.9. The summed E-state index contributed by atoms with van der Waals surface area (Å²) in [5, 5.41) is 3.07. The van der Waals surface area contributed by atoms with Crippen molar-refractivity contribution in [3.63, 3.8) is 0 Å². The standard InChI is InChI=1S/C13H15N3O/c1-8-3-6-11(17-8)13-15-10(9-4-5-9)7-12(14-2)16-13/h3,6-7,9H,4-5H2,1-2H3,(H,14,15,16). The van der Waals surface area contributed by atoms with Gasteiger partial charge in [0.25, 0.3) is 0 Å². The Morgan fingerprint density at radius 3 is 2.71 bits per heavy atom. The predicted octanol–water partition coefficient (Wildman–Crippen LogP) is 2.96. The van der Waals surface area contributed by atoms with Crippen LogP contribution in [0.25, 0.3) is 11.6 Å². The number of hydrogen-bond donors (Lipinski definition) is 1. The molecular formula is C13H15N3O. The van der Waals surface area contributed by atoms with Crippen LogP contribution in [0.5, 0.6) is 0 Å². The van der Waals surface area contributed by atoms with E-state index in [0.717, 1.165) is 23.0 Å². The number of hydrogen-bond acceptors (Lipinski definition) is 4. The van der Waals surface area contributed by atoms with E-state index in [4.69, 9.17) is 4.42 Å². The van der Waals surface area contributed by atoms with E-state index in [0.29, 0.717) is 11.7 Å². The Bertz CT molecular complexity index is 543. The summed E-state index contributed by atoms with van der Waals surface area (Å²) in [6.45, 7) is 1.92. The van der Waals surface area contributed by atoms with Crippen molar-refractivity contribution in [1.29, 1.82) is 0 Å². The van der Waals surface area contributed by atoms with Gasteiger partial charge in [-0.15, -0.1) is 0 Å². The molecule has 2 aromatic heterocycles. The van der Waals surface area contributed by atoms with Gasteiger partial charge in [0.05, 0.1) is 0 Å². The molecule has 0 radical (unpaired) electrons. The first-order chi connectivity index (χ1) is 8.26. The maximum absolute atomic E-state index is 5.57. The molecule has 1 N–H and O–H groups in total. The second kappa shape index (κ2) is 3.87. The van der Waals surface area contributed by atoms with Crippen LogP contribution < -0.4 is 5.32 Å². The molecule has 0 bridgehead atoms. The lowest BCUT2D eigenvalue weighted by Crippen LogP contribution is -1.99. The molecule has 1 aliphatic rings. The molecule has 4 nitrogen and oxygen atoms in total. The number of anilines is 1. The molecule has 0 amide bonds. The Hall–Kier alpha value is -1.84. The summed E-state index contributed by atoms with van der Waals surface area (Å²) in [6.07, 6.45) is 2.47. The van der Waals surface area contributed by atoms with Gasteiger partial charge < -0.3 is 9.73 Å². The molecule has 4 heteroatoms. The van der Waals surface area contributed by atoms with Gasteiger partial charge in [-0.2, -0.15) is 0 Å². The first-order valence-electron chi connectivity index (χ1n) is 5.90. The van der Waals surface area contributed by atoms with Gasteiger partial charge in [0.2, 0.25) is 0 Å². The topological polar surface area (TPSA) is 51.0 Å². The van der Waals surface area contributed by atoms with E-state index in [1.54, 1.807) is 0 Å². The molecule has 2 aromatic rings. The molecule has 0 saturated heterocycles. The van der Waals surface area contributed by atoms with Crippen LogP contribution in [0.3, 0.4) is 0 Å². The molecule has 1 saturated carbocycles. The minimum absolute atomic E-state index is 0.611. The summed E-state index contributed by atoms with van der Waals surface area (Å²) in [5.41, 5.74) is 1.12. The zero-order valence-corrected chi connectivity index (χ0v) is 10.0. The third-order valence-electron chi connectivity index (χ3n) is 2.96. The Kier molecular flexibility index (Phi) is 2.35. The van der Waals surface area contributed by atoms with Crippen molar-refractivity contribution >= 4 is 5.82 Å². The van der Waals surface area contributed by atoms with Gasteiger partial charge in [-0.25, -0.2) is 9.97 Å². The highest BCUT2D eigenvalue weighted by Crippen LogP contribution is 2.40. The van der Waals surface area contributed by atoms with Crippen molar-refractivity contribution in [3.05, 3.63) is 29.7 Å². The van der Waals surface area contributed by atoms with Gasteiger partial charge in [-0.3, -0.25) is 0 Å². The molecule has 0 unspecified atom stereocenters. The maximum atomic E-state index is 5.57. The van der Waals surface area contributed by atoms with Crippen molar-refractivity contribution in [2.75, 3.05) is 12.4 Å². The number of aryl methyl sites for hydroxylation is 1. The lowest BCUT2D eigenvalue weighted by Gasteiger charge is -2.05. The zero-order valence-electron chi connectivity index (χ0n) is 10.0. The molecule has 0 aliphatic heterocycles. The third kappa shape index (κ3) is 2.02. The highest BCUT2D eigenvalue weighted by molar-refractivity contribution is 5.52. The van der Waals surface area contributed by atoms with Gasteiger partial charge in [-0.05, 0) is 31.9 Å². The number of nitrogens with zero attached hydrogens (tertiary/aromatic N) is 2. The van der Waals surface area contributed by atoms with Crippen LogP contribution in [0, 0.1) is 6.92 Å². The molecule has 17 heavy (non-hydrogen) atoms. The summed E-state index contributed by atoms with van der Waals surface area (Å²) in [7, 11) is 1.87. The molecule has 0 spiro atoms. The highest BCUT2D eigenvalue weighted by Gasteiger charge is 2.26. The van der Waals surface area contributed by atoms with Crippen molar-refractivity contribution in [2.24, 2.45) is 0 Å². The molecule has 1 aliphatic carbocycles. The van der Waals surface area contributed by atoms with Gasteiger partial charge >= 0.3 is 0 Å². The van der Waals surface area contributed by atoms with Gasteiger partial charge in [-0.1, -0.05) is 0 Å². The fraction of sp³-hybridized carbons (Fsp3) is 0.385. The van der Waals surface area contributed by atoms with E-state index in [9.17, 15) is 0 Å². The van der Waals surface area contributed by atoms with Crippen LogP contribution >= 0.6 is 0 Å². The summed E-state index contributed by atoms with van der Waals surface area (Å²) < 4.78 is 5.57. The Balaban J connectivity index is 2.05. The number of furan rings is 1. The van der Waals surface area contributed by atoms with E-state index in [-0.39, 0.29) is 0 Å². The number of aromatic nitrogens is 2. The Morgan fingerprint density at radius 1 is 1.29 bits per heavy atom. The smallest absolute Gasteiger partial charge is 0.197 e. The average Bonchev–Trinajstić information content (AvgIpc) is 3.11. The van der Waals surface area contributed by atoms with Crippen molar-refractivity contribution in [3.8, 4) is 11.6 Å². The van der Waals surface area contributed by atoms with Crippen LogP contribution in [-0.2, 0) is 0 Å². The quantitative estimate of drug-likeness (QED) is 0.879. The predicted molar refractivity (Wildman–Crippen MR) is 66.0 cm³/mol. The molecule has 2 heterocycles. The highest BCUT2D eigenvalue weighted by atomic mass is 16.3. The molecule has 1 fully saturated rings. The molecule has 0 aromatic carbocycles. The van der Waals surface area contributed by atoms with Crippen LogP contribution in [0.1, 0.15) is 30.2 Å². The molecule has 3 rings (SSSR count). The first-order valence-corrected chi connectivity index (χ1v) is 5.90. The van der Waals surface area contributed by atoms with E-state index in [2.05, 4.69) is 15.3 Å². The lowest BCUT2D eigenvalue weighted by molar-refractivity contribution is 0.543. The largest absolute Gasteiger partial charge is 0.458 e. The van der Waals surface area contributed by atoms with Gasteiger partial charge in [0, 0.05) is 24.7 Å². The third-order valence-corrected chi connectivity index (χ3v) is 2.96. The molecular weight excluding hydrogens is 214 g/mol. The van der Waals surface area contributed by atoms with Crippen LogP contribution in [0.4, 0.5) is 5.82 Å². The monoisotopic (exact) mass is 229 g/mol. The fourth-order valence-electron chi connectivity index (χ4n) is 1.85. The van der Waals surface area contributed by atoms with Crippen LogP contribution in [0.15, 0.2) is 22.6 Å². The Morgan fingerprint density at radius 2 is 2.12 bits per heavy atom. The Labute approximate surface area is 100 Å². The summed E-state index contributed by atoms with van der Waals surface area (Å²) in [5.74, 6) is 3.76. The maximum Gasteiger partial charge on any atom is 0.197 e. The van der Waals surface area contributed by atoms with Gasteiger partial charge in [0.15, 0.2) is 11.6 Å². The summed E-state index contributed by atoms with van der Waals surface area (Å²) in [4.78, 5) is 9.01. The van der Waals surface area contributed by atoms with E-state index < -0.39 is 0 Å². The van der Waals surface area contributed by atoms with Gasteiger partial charge in [0.1, 0.15) is 11.6 Å². The van der Waals surface area contributed by atoms with Crippen molar-refractivity contribution in [1.82, 2.24) is 9.97 Å². The summed E-state index contributed by atoms with van der Waals surface area (Å²) in [6, 6.07) is 5.87. The van der Waals surface area contributed by atoms with Crippen molar-refractivity contribution < 1.29 is 4.42 Å². The zero-order chi connectivity index (χ0) is 11.8. The fourth-order valence-corrected chi connectivity index (χ4v) is 1.85. The van der Waals surface area contributed by atoms with E-state index in [1.165, 1.54) is 12.8 Å². The van der Waals surface area contributed by atoms with Crippen LogP contribution in [-0.4, -0.2) is 17.0 Å². The first kappa shape index (κ1) is 10.3.